The number of ketones is 2. The highest BCUT2D eigenvalue weighted by molar-refractivity contribution is 6.53. The van der Waals surface area contributed by atoms with Crippen molar-refractivity contribution in [2.24, 2.45) is 0 Å². The molecule has 1 unspecified atom stereocenters. The van der Waals surface area contributed by atoms with Gasteiger partial charge in [-0.05, 0) is 13.8 Å². The zero-order chi connectivity index (χ0) is 15.6. The standard InChI is InChI=1S/C15H14N2O4/c1-3-21-14-9(2)13(19)15(14,20)12(17-16)11(18)10-7-5-4-6-8-10/h4-8,20H,3H2,1-2H3. The van der Waals surface area contributed by atoms with Crippen molar-refractivity contribution in [2.45, 2.75) is 19.4 Å². The lowest BCUT2D eigenvalue weighted by atomic mass is 9.73. The third-order valence-corrected chi connectivity index (χ3v) is 3.32. The Morgan fingerprint density at radius 3 is 2.52 bits per heavy atom. The molecule has 6 nitrogen and oxygen atoms in total. The summed E-state index contributed by atoms with van der Waals surface area (Å²) in [6, 6.07) is 7.96. The van der Waals surface area contributed by atoms with E-state index in [1.165, 1.54) is 19.1 Å². The molecule has 108 valence electrons. The second-order valence-corrected chi connectivity index (χ2v) is 4.57. The molecule has 2 rings (SSSR count). The number of carbonyl (C=O) groups is 2. The topological polar surface area (TPSA) is 100 Å². The van der Waals surface area contributed by atoms with Crippen LogP contribution in [0.1, 0.15) is 24.2 Å². The van der Waals surface area contributed by atoms with Gasteiger partial charge in [0.05, 0.1) is 6.61 Å². The Bertz CT molecular complexity index is 687. The maximum atomic E-state index is 12.3. The Balaban J connectivity index is 2.47. The summed E-state index contributed by atoms with van der Waals surface area (Å²) in [4.78, 5) is 27.2. The molecule has 1 N–H and O–H groups in total. The summed E-state index contributed by atoms with van der Waals surface area (Å²) in [6.07, 6.45) is 0. The minimum Gasteiger partial charge on any atom is -0.494 e. The lowest BCUT2D eigenvalue weighted by molar-refractivity contribution is -0.136. The number of carbonyl (C=O) groups excluding carboxylic acids is 2. The summed E-state index contributed by atoms with van der Waals surface area (Å²) >= 11 is 0. The summed E-state index contributed by atoms with van der Waals surface area (Å²) in [7, 11) is 0. The van der Waals surface area contributed by atoms with Crippen LogP contribution in [0.25, 0.3) is 5.53 Å². The number of Topliss-reactive ketones (excluding diaryl/α,β-unsaturated/α-hetero) is 2. The molecule has 1 aromatic carbocycles. The van der Waals surface area contributed by atoms with E-state index in [1.807, 2.05) is 0 Å². The first-order valence-corrected chi connectivity index (χ1v) is 6.42. The van der Waals surface area contributed by atoms with Crippen LogP contribution in [0, 0.1) is 0 Å². The van der Waals surface area contributed by atoms with Crippen LogP contribution in [0.15, 0.2) is 41.7 Å². The van der Waals surface area contributed by atoms with Crippen molar-refractivity contribution >= 4 is 17.3 Å². The lowest BCUT2D eigenvalue weighted by Gasteiger charge is -2.33. The Hall–Kier alpha value is -2.56. The van der Waals surface area contributed by atoms with Crippen LogP contribution >= 0.6 is 0 Å². The minimum absolute atomic E-state index is 0.0490. The van der Waals surface area contributed by atoms with Crippen LogP contribution < -0.4 is 0 Å². The third-order valence-electron chi connectivity index (χ3n) is 3.32. The monoisotopic (exact) mass is 286 g/mol. The van der Waals surface area contributed by atoms with Crippen LogP contribution in [0.4, 0.5) is 0 Å². The van der Waals surface area contributed by atoms with E-state index in [0.717, 1.165) is 0 Å². The van der Waals surface area contributed by atoms with Crippen molar-refractivity contribution < 1.29 is 24.2 Å². The number of nitrogens with zero attached hydrogens (tertiary/aromatic N) is 2. The first kappa shape index (κ1) is 14.8. The molecule has 6 heteroatoms. The summed E-state index contributed by atoms with van der Waals surface area (Å²) < 4.78 is 5.21. The van der Waals surface area contributed by atoms with Crippen molar-refractivity contribution in [2.75, 3.05) is 6.61 Å². The molecular weight excluding hydrogens is 272 g/mol. The van der Waals surface area contributed by atoms with E-state index in [0.29, 0.717) is 0 Å². The average molecular weight is 286 g/mol. The Morgan fingerprint density at radius 1 is 1.38 bits per heavy atom. The van der Waals surface area contributed by atoms with E-state index in [2.05, 4.69) is 4.79 Å². The molecular formula is C15H14N2O4. The van der Waals surface area contributed by atoms with Crippen LogP contribution in [0.3, 0.4) is 0 Å². The van der Waals surface area contributed by atoms with Crippen molar-refractivity contribution in [1.82, 2.24) is 0 Å². The van der Waals surface area contributed by atoms with Crippen molar-refractivity contribution in [3.63, 3.8) is 0 Å². The van der Waals surface area contributed by atoms with Crippen molar-refractivity contribution in [1.29, 1.82) is 0 Å². The Labute approximate surface area is 121 Å². The smallest absolute Gasteiger partial charge is 0.386 e. The van der Waals surface area contributed by atoms with Gasteiger partial charge in [-0.2, -0.15) is 4.79 Å². The zero-order valence-electron chi connectivity index (χ0n) is 11.7. The fourth-order valence-corrected chi connectivity index (χ4v) is 2.27. The van der Waals surface area contributed by atoms with Crippen LogP contribution in [0.2, 0.25) is 0 Å². The fraction of sp³-hybridized carbons (Fsp3) is 0.267. The normalized spacial score (nSPS) is 20.6. The Kier molecular flexibility index (Phi) is 3.84. The van der Waals surface area contributed by atoms with Gasteiger partial charge in [-0.3, -0.25) is 9.59 Å². The highest BCUT2D eigenvalue weighted by atomic mass is 16.5. The van der Waals surface area contributed by atoms with E-state index in [9.17, 15) is 14.7 Å². The summed E-state index contributed by atoms with van der Waals surface area (Å²) in [5.74, 6) is -1.49. The molecule has 0 aliphatic heterocycles. The maximum absolute atomic E-state index is 12.3. The van der Waals surface area contributed by atoms with Gasteiger partial charge in [-0.15, -0.1) is 0 Å². The van der Waals surface area contributed by atoms with E-state index in [-0.39, 0.29) is 23.5 Å². The highest BCUT2D eigenvalue weighted by Gasteiger charge is 2.64. The molecule has 0 spiro atoms. The SMILES string of the molecule is CCOC1=C(C)C(=O)C1(O)C(=[N+]=[N-])C(=O)c1ccccc1. The van der Waals surface area contributed by atoms with E-state index >= 15 is 0 Å². The predicted octanol–water partition coefficient (Wildman–Crippen LogP) is 1.16. The molecule has 0 saturated carbocycles. The molecule has 0 radical (unpaired) electrons. The largest absolute Gasteiger partial charge is 0.494 e. The zero-order valence-corrected chi connectivity index (χ0v) is 11.7. The van der Waals surface area contributed by atoms with Gasteiger partial charge in [-0.25, -0.2) is 0 Å². The molecule has 1 aliphatic carbocycles. The van der Waals surface area contributed by atoms with E-state index in [1.54, 1.807) is 25.1 Å². The number of hydrogen-bond acceptors (Lipinski definition) is 4. The number of benzene rings is 1. The maximum Gasteiger partial charge on any atom is 0.386 e. The van der Waals surface area contributed by atoms with Crippen molar-refractivity contribution in [3.05, 3.63) is 52.8 Å². The molecule has 0 amide bonds. The first-order chi connectivity index (χ1) is 9.98. The van der Waals surface area contributed by atoms with Gasteiger partial charge >= 0.3 is 5.71 Å². The predicted molar refractivity (Wildman–Crippen MR) is 73.7 cm³/mol. The van der Waals surface area contributed by atoms with Gasteiger partial charge < -0.3 is 15.4 Å². The summed E-state index contributed by atoms with van der Waals surface area (Å²) in [5.41, 5.74) is 6.56. The number of hydrogen-bond donors (Lipinski definition) is 1. The molecule has 0 fully saturated rings. The fourth-order valence-electron chi connectivity index (χ4n) is 2.27. The summed E-state index contributed by atoms with van der Waals surface area (Å²) in [6.45, 7) is 3.36. The van der Waals surface area contributed by atoms with Gasteiger partial charge in [0.2, 0.25) is 5.78 Å². The molecule has 0 bridgehead atoms. The minimum atomic E-state index is -2.32. The third kappa shape index (κ3) is 2.11. The molecule has 0 saturated heterocycles. The van der Waals surface area contributed by atoms with Gasteiger partial charge in [0.1, 0.15) is 0 Å². The van der Waals surface area contributed by atoms with Gasteiger partial charge in [-0.1, -0.05) is 30.3 Å². The molecule has 1 atom stereocenters. The number of ether oxygens (including phenoxy) is 1. The molecule has 0 heterocycles. The second kappa shape index (κ2) is 5.44. The Morgan fingerprint density at radius 2 is 2.00 bits per heavy atom. The summed E-state index contributed by atoms with van der Waals surface area (Å²) in [5, 5.41) is 10.5. The van der Waals surface area contributed by atoms with Gasteiger partial charge in [0, 0.05) is 11.1 Å². The number of rotatable bonds is 5. The average Bonchev–Trinajstić information content (AvgIpc) is 2.52. The molecule has 0 aromatic heterocycles. The van der Waals surface area contributed by atoms with E-state index < -0.39 is 22.9 Å². The van der Waals surface area contributed by atoms with Crippen LogP contribution in [-0.4, -0.2) is 39.4 Å². The number of aliphatic hydroxyl groups is 1. The van der Waals surface area contributed by atoms with E-state index in [4.69, 9.17) is 10.3 Å². The van der Waals surface area contributed by atoms with Crippen LogP contribution in [-0.2, 0) is 9.53 Å². The first-order valence-electron chi connectivity index (χ1n) is 6.42. The lowest BCUT2D eigenvalue weighted by Crippen LogP contribution is -2.59. The van der Waals surface area contributed by atoms with Gasteiger partial charge in [0.25, 0.3) is 11.4 Å². The molecule has 1 aliphatic rings. The van der Waals surface area contributed by atoms with Gasteiger partial charge in [0.15, 0.2) is 5.76 Å². The molecule has 1 aromatic rings. The van der Waals surface area contributed by atoms with Crippen molar-refractivity contribution in [3.8, 4) is 0 Å². The second-order valence-electron chi connectivity index (χ2n) is 4.57. The quantitative estimate of drug-likeness (QED) is 0.380. The highest BCUT2D eigenvalue weighted by Crippen LogP contribution is 2.37. The molecule has 21 heavy (non-hydrogen) atoms. The van der Waals surface area contributed by atoms with Crippen LogP contribution in [0.5, 0.6) is 0 Å².